The smallest absolute Gasteiger partial charge is 0.217 e. The van der Waals surface area contributed by atoms with Crippen LogP contribution in [0.4, 0.5) is 8.78 Å². The largest absolute Gasteiger partial charge is 0.390 e. The van der Waals surface area contributed by atoms with Gasteiger partial charge in [-0.25, -0.2) is 8.78 Å². The maximum absolute atomic E-state index is 13.5. The Balaban J connectivity index is 1.68. The third-order valence-corrected chi connectivity index (χ3v) is 5.35. The standard InChI is InChI=1S/C22H27F2N3O2/c1-3-15-4-7-25-21(11-15)22(5-6-22)26-13-20(29)19(27-14(2)28)10-16-8-17(23)12-18(24)9-16/h4,7-9,11-12,19-20,26,29H,3,5-6,10,13H2,1-2H3,(H,27,28)/t19-,20+/m0/s1. The molecule has 1 aromatic carbocycles. The predicted molar refractivity (Wildman–Crippen MR) is 106 cm³/mol. The number of rotatable bonds is 9. The van der Waals surface area contributed by atoms with Crippen molar-refractivity contribution >= 4 is 5.91 Å². The molecular formula is C22H27F2N3O2. The predicted octanol–water partition coefficient (Wildman–Crippen LogP) is 2.61. The maximum Gasteiger partial charge on any atom is 0.217 e. The molecule has 1 aliphatic carbocycles. The molecule has 2 atom stereocenters. The van der Waals surface area contributed by atoms with Crippen molar-refractivity contribution in [1.29, 1.82) is 0 Å². The monoisotopic (exact) mass is 403 g/mol. The number of aliphatic hydroxyl groups is 1. The number of pyridine rings is 1. The molecule has 2 aromatic rings. The molecule has 0 unspecified atom stereocenters. The highest BCUT2D eigenvalue weighted by Gasteiger charge is 2.45. The quantitative estimate of drug-likeness (QED) is 0.602. The van der Waals surface area contributed by atoms with Gasteiger partial charge in [0.2, 0.25) is 5.91 Å². The number of nitrogens with zero attached hydrogens (tertiary/aromatic N) is 1. The Morgan fingerprint density at radius 1 is 1.21 bits per heavy atom. The Bertz CT molecular complexity index is 851. The van der Waals surface area contributed by atoms with Crippen molar-refractivity contribution in [1.82, 2.24) is 15.6 Å². The van der Waals surface area contributed by atoms with Crippen LogP contribution in [0.25, 0.3) is 0 Å². The summed E-state index contributed by atoms with van der Waals surface area (Å²) in [6.07, 6.45) is 3.73. The zero-order chi connectivity index (χ0) is 21.0. The highest BCUT2D eigenvalue weighted by molar-refractivity contribution is 5.73. The van der Waals surface area contributed by atoms with Crippen LogP contribution in [-0.2, 0) is 23.2 Å². The molecule has 0 bridgehead atoms. The lowest BCUT2D eigenvalue weighted by Gasteiger charge is -2.26. The van der Waals surface area contributed by atoms with E-state index in [9.17, 15) is 18.7 Å². The van der Waals surface area contributed by atoms with Gasteiger partial charge in [0.25, 0.3) is 0 Å². The first-order valence-electron chi connectivity index (χ1n) is 9.92. The lowest BCUT2D eigenvalue weighted by atomic mass is 10.00. The summed E-state index contributed by atoms with van der Waals surface area (Å²) in [7, 11) is 0. The van der Waals surface area contributed by atoms with Crippen LogP contribution in [0, 0.1) is 11.6 Å². The fraction of sp³-hybridized carbons (Fsp3) is 0.455. The van der Waals surface area contributed by atoms with Crippen molar-refractivity contribution in [2.24, 2.45) is 0 Å². The summed E-state index contributed by atoms with van der Waals surface area (Å²) in [4.78, 5) is 16.1. The van der Waals surface area contributed by atoms with Gasteiger partial charge in [0.1, 0.15) is 11.6 Å². The van der Waals surface area contributed by atoms with Gasteiger partial charge in [0, 0.05) is 25.7 Å². The van der Waals surface area contributed by atoms with Gasteiger partial charge in [-0.15, -0.1) is 0 Å². The first-order chi connectivity index (χ1) is 13.8. The number of hydrogen-bond donors (Lipinski definition) is 3. The summed E-state index contributed by atoms with van der Waals surface area (Å²) in [6, 6.07) is 6.60. The van der Waals surface area contributed by atoms with E-state index in [-0.39, 0.29) is 24.4 Å². The average Bonchev–Trinajstić information content (AvgIpc) is 3.46. The third kappa shape index (κ3) is 5.58. The molecular weight excluding hydrogens is 376 g/mol. The van der Waals surface area contributed by atoms with Crippen LogP contribution in [0.3, 0.4) is 0 Å². The second-order valence-corrected chi connectivity index (χ2v) is 7.72. The summed E-state index contributed by atoms with van der Waals surface area (Å²) in [5.74, 6) is -1.69. The normalized spacial score (nSPS) is 16.9. The molecule has 1 heterocycles. The number of carbonyl (C=O) groups excluding carboxylic acids is 1. The Morgan fingerprint density at radius 2 is 1.90 bits per heavy atom. The summed E-state index contributed by atoms with van der Waals surface area (Å²) in [5.41, 5.74) is 2.26. The maximum atomic E-state index is 13.5. The molecule has 29 heavy (non-hydrogen) atoms. The van der Waals surface area contributed by atoms with Gasteiger partial charge in [0.05, 0.1) is 23.4 Å². The number of benzene rings is 1. The summed E-state index contributed by atoms with van der Waals surface area (Å²) < 4.78 is 27.0. The van der Waals surface area contributed by atoms with Gasteiger partial charge in [-0.1, -0.05) is 6.92 Å². The molecule has 0 aliphatic heterocycles. The highest BCUT2D eigenvalue weighted by atomic mass is 19.1. The number of hydrogen-bond acceptors (Lipinski definition) is 4. The zero-order valence-corrected chi connectivity index (χ0v) is 16.7. The van der Waals surface area contributed by atoms with Gasteiger partial charge >= 0.3 is 0 Å². The van der Waals surface area contributed by atoms with E-state index in [1.807, 2.05) is 6.07 Å². The minimum atomic E-state index is -0.933. The second kappa shape index (κ2) is 8.97. The van der Waals surface area contributed by atoms with Crippen LogP contribution in [0.2, 0.25) is 0 Å². The molecule has 0 spiro atoms. The molecule has 7 heteroatoms. The summed E-state index contributed by atoms with van der Waals surface area (Å²) >= 11 is 0. The molecule has 1 aromatic heterocycles. The van der Waals surface area contributed by atoms with Crippen LogP contribution in [0.5, 0.6) is 0 Å². The fourth-order valence-electron chi connectivity index (χ4n) is 3.57. The molecule has 0 radical (unpaired) electrons. The molecule has 156 valence electrons. The molecule has 5 nitrogen and oxygen atoms in total. The number of carbonyl (C=O) groups is 1. The average molecular weight is 403 g/mol. The Hall–Kier alpha value is -2.38. The Kier molecular flexibility index (Phi) is 6.59. The van der Waals surface area contributed by atoms with E-state index >= 15 is 0 Å². The minimum absolute atomic E-state index is 0.119. The van der Waals surface area contributed by atoms with E-state index in [1.165, 1.54) is 24.6 Å². The number of amides is 1. The molecule has 3 N–H and O–H groups in total. The zero-order valence-electron chi connectivity index (χ0n) is 16.7. The third-order valence-electron chi connectivity index (χ3n) is 5.35. The number of halogens is 2. The van der Waals surface area contributed by atoms with Gasteiger partial charge in [0.15, 0.2) is 0 Å². The molecule has 3 rings (SSSR count). The number of aliphatic hydroxyl groups excluding tert-OH is 1. The lowest BCUT2D eigenvalue weighted by molar-refractivity contribution is -0.120. The molecule has 1 fully saturated rings. The molecule has 1 aliphatic rings. The van der Waals surface area contributed by atoms with Crippen molar-refractivity contribution in [3.63, 3.8) is 0 Å². The first kappa shape index (κ1) is 21.3. The van der Waals surface area contributed by atoms with Gasteiger partial charge < -0.3 is 15.7 Å². The highest BCUT2D eigenvalue weighted by Crippen LogP contribution is 2.44. The van der Waals surface area contributed by atoms with Crippen LogP contribution < -0.4 is 10.6 Å². The van der Waals surface area contributed by atoms with Crippen molar-refractivity contribution in [3.8, 4) is 0 Å². The van der Waals surface area contributed by atoms with E-state index in [0.29, 0.717) is 5.56 Å². The van der Waals surface area contributed by atoms with Gasteiger partial charge in [-0.2, -0.15) is 0 Å². The Morgan fingerprint density at radius 3 is 2.48 bits per heavy atom. The second-order valence-electron chi connectivity index (χ2n) is 7.72. The van der Waals surface area contributed by atoms with Crippen molar-refractivity contribution in [2.75, 3.05) is 6.54 Å². The van der Waals surface area contributed by atoms with E-state index in [1.54, 1.807) is 6.20 Å². The molecule has 1 amide bonds. The number of aromatic nitrogens is 1. The summed E-state index contributed by atoms with van der Waals surface area (Å²) in [6.45, 7) is 3.66. The van der Waals surface area contributed by atoms with E-state index in [0.717, 1.165) is 31.0 Å². The molecule has 1 saturated carbocycles. The molecule has 0 saturated heterocycles. The van der Waals surface area contributed by atoms with Crippen molar-refractivity contribution in [3.05, 3.63) is 65.0 Å². The minimum Gasteiger partial charge on any atom is -0.390 e. The SMILES string of the molecule is CCc1ccnc(C2(NC[C@@H](O)[C@H](Cc3cc(F)cc(F)c3)NC(C)=O)CC2)c1. The first-order valence-corrected chi connectivity index (χ1v) is 9.92. The van der Waals surface area contributed by atoms with E-state index in [4.69, 9.17) is 0 Å². The van der Waals surface area contributed by atoms with Crippen LogP contribution in [0.1, 0.15) is 43.5 Å². The number of nitrogens with one attached hydrogen (secondary N) is 2. The van der Waals surface area contributed by atoms with Crippen LogP contribution >= 0.6 is 0 Å². The van der Waals surface area contributed by atoms with Crippen LogP contribution in [-0.4, -0.2) is 34.7 Å². The van der Waals surface area contributed by atoms with Gasteiger partial charge in [-0.3, -0.25) is 9.78 Å². The fourth-order valence-corrected chi connectivity index (χ4v) is 3.57. The number of aryl methyl sites for hydroxylation is 1. The van der Waals surface area contributed by atoms with E-state index < -0.39 is 23.8 Å². The lowest BCUT2D eigenvalue weighted by Crippen LogP contribution is -2.49. The van der Waals surface area contributed by atoms with Gasteiger partial charge in [-0.05, 0) is 61.1 Å². The van der Waals surface area contributed by atoms with Crippen molar-refractivity contribution < 1.29 is 18.7 Å². The van der Waals surface area contributed by atoms with Crippen LogP contribution in [0.15, 0.2) is 36.5 Å². The van der Waals surface area contributed by atoms with Crippen molar-refractivity contribution in [2.45, 2.75) is 57.2 Å². The van der Waals surface area contributed by atoms with E-state index in [2.05, 4.69) is 28.6 Å². The Labute approximate surface area is 169 Å². The summed E-state index contributed by atoms with van der Waals surface area (Å²) in [5, 5.41) is 16.8. The topological polar surface area (TPSA) is 74.2 Å².